The van der Waals surface area contributed by atoms with Crippen molar-refractivity contribution >= 4 is 11.3 Å². The maximum absolute atomic E-state index is 9.53. The minimum Gasteiger partial charge on any atom is -0.386 e. The van der Waals surface area contributed by atoms with Crippen molar-refractivity contribution in [3.63, 3.8) is 0 Å². The first-order chi connectivity index (χ1) is 9.60. The average Bonchev–Trinajstić information content (AvgIpc) is 2.97. The topological polar surface area (TPSA) is 45.6 Å². The minimum absolute atomic E-state index is 0.447. The van der Waals surface area contributed by atoms with E-state index in [0.717, 1.165) is 18.2 Å². The van der Waals surface area contributed by atoms with Gasteiger partial charge in [-0.15, -0.1) is 11.3 Å². The Hall–Kier alpha value is -0.490. The molecule has 1 unspecified atom stereocenters. The van der Waals surface area contributed by atoms with Crippen molar-refractivity contribution in [1.29, 1.82) is 0 Å². The third-order valence-electron chi connectivity index (χ3n) is 4.55. The zero-order valence-corrected chi connectivity index (χ0v) is 13.2. The molecule has 112 valence electrons. The summed E-state index contributed by atoms with van der Waals surface area (Å²) >= 11 is 1.63. The van der Waals surface area contributed by atoms with Crippen LogP contribution in [0.15, 0.2) is 6.20 Å². The number of aromatic nitrogens is 1. The van der Waals surface area contributed by atoms with E-state index in [1.54, 1.807) is 18.3 Å². The quantitative estimate of drug-likeness (QED) is 0.907. The minimum atomic E-state index is -0.447. The summed E-state index contributed by atoms with van der Waals surface area (Å²) in [5.74, 6) is 0. The molecule has 1 aliphatic carbocycles. The van der Waals surface area contributed by atoms with Gasteiger partial charge in [-0.1, -0.05) is 0 Å². The van der Waals surface area contributed by atoms with Gasteiger partial charge < -0.3 is 9.84 Å². The summed E-state index contributed by atoms with van der Waals surface area (Å²) in [5.41, 5.74) is 0.525. The van der Waals surface area contributed by atoms with Gasteiger partial charge in [0.05, 0.1) is 6.10 Å². The third-order valence-corrected chi connectivity index (χ3v) is 5.70. The van der Waals surface area contributed by atoms with Crippen LogP contribution >= 0.6 is 11.3 Å². The van der Waals surface area contributed by atoms with E-state index in [1.165, 1.54) is 37.2 Å². The lowest BCUT2D eigenvalue weighted by atomic mass is 9.66. The molecule has 1 atom stereocenters. The number of thiazole rings is 1. The Morgan fingerprint density at radius 3 is 3.05 bits per heavy atom. The van der Waals surface area contributed by atoms with Gasteiger partial charge in [0.15, 0.2) is 0 Å². The molecular weight excluding hydrogens is 272 g/mol. The number of ether oxygens (including phenoxy) is 1. The molecule has 2 fully saturated rings. The smallest absolute Gasteiger partial charge is 0.121 e. The van der Waals surface area contributed by atoms with Crippen LogP contribution in [0.25, 0.3) is 0 Å². The maximum Gasteiger partial charge on any atom is 0.121 e. The molecule has 2 heterocycles. The number of hydrogen-bond acceptors (Lipinski definition) is 5. The Labute approximate surface area is 124 Å². The van der Waals surface area contributed by atoms with Crippen molar-refractivity contribution in [3.05, 3.63) is 16.1 Å². The van der Waals surface area contributed by atoms with Crippen molar-refractivity contribution in [2.75, 3.05) is 19.7 Å². The fourth-order valence-electron chi connectivity index (χ4n) is 3.56. The summed E-state index contributed by atoms with van der Waals surface area (Å²) in [6.45, 7) is 8.04. The van der Waals surface area contributed by atoms with Crippen LogP contribution in [-0.4, -0.2) is 40.8 Å². The van der Waals surface area contributed by atoms with Crippen LogP contribution in [0.2, 0.25) is 0 Å². The van der Waals surface area contributed by atoms with Gasteiger partial charge in [-0.25, -0.2) is 4.98 Å². The molecule has 1 aromatic rings. The van der Waals surface area contributed by atoms with Crippen LogP contribution in [0.3, 0.4) is 0 Å². The molecule has 3 rings (SSSR count). The second kappa shape index (κ2) is 5.72. The summed E-state index contributed by atoms with van der Waals surface area (Å²) in [6, 6.07) is 0. The number of rotatable bonds is 5. The van der Waals surface area contributed by atoms with Crippen LogP contribution in [-0.2, 0) is 11.3 Å². The predicted octanol–water partition coefficient (Wildman–Crippen LogP) is 2.59. The van der Waals surface area contributed by atoms with Crippen LogP contribution < -0.4 is 0 Å². The average molecular weight is 296 g/mol. The van der Waals surface area contributed by atoms with Crippen molar-refractivity contribution < 1.29 is 9.84 Å². The lowest BCUT2D eigenvalue weighted by molar-refractivity contribution is -0.0718. The first-order valence-corrected chi connectivity index (χ1v) is 8.38. The molecule has 1 spiro atoms. The number of nitrogens with zero attached hydrogens (tertiary/aromatic N) is 2. The number of likely N-dealkylation sites (tertiary alicyclic amines) is 1. The Morgan fingerprint density at radius 2 is 2.40 bits per heavy atom. The summed E-state index contributed by atoms with van der Waals surface area (Å²) in [6.07, 6.45) is 5.75. The molecule has 1 saturated heterocycles. The van der Waals surface area contributed by atoms with Gasteiger partial charge in [0.2, 0.25) is 0 Å². The zero-order valence-electron chi connectivity index (χ0n) is 12.3. The normalized spacial score (nSPS) is 31.6. The first kappa shape index (κ1) is 14.4. The van der Waals surface area contributed by atoms with Crippen LogP contribution in [0.4, 0.5) is 0 Å². The molecule has 0 amide bonds. The van der Waals surface area contributed by atoms with Gasteiger partial charge in [-0.3, -0.25) is 4.90 Å². The Morgan fingerprint density at radius 1 is 1.60 bits per heavy atom. The molecule has 1 N–H and O–H groups in total. The highest BCUT2D eigenvalue weighted by Crippen LogP contribution is 2.49. The van der Waals surface area contributed by atoms with Gasteiger partial charge in [-0.05, 0) is 45.1 Å². The number of aliphatic hydroxyl groups excluding tert-OH is 1. The standard InChI is InChI=1S/C15H24N2O2S/c1-3-19-12-6-15(7-12)4-5-17(10-15)9-13-8-16-14(20-13)11(2)18/h8,11-12,18H,3-7,9-10H2,1-2H3. The molecule has 1 saturated carbocycles. The largest absolute Gasteiger partial charge is 0.386 e. The SMILES string of the molecule is CCOC1CC2(CCN(Cc3cnc(C(C)O)s3)C2)C1. The van der Waals surface area contributed by atoms with Crippen molar-refractivity contribution in [2.24, 2.45) is 5.41 Å². The van der Waals surface area contributed by atoms with E-state index in [0.29, 0.717) is 11.5 Å². The molecule has 0 radical (unpaired) electrons. The summed E-state index contributed by atoms with van der Waals surface area (Å²) in [4.78, 5) is 8.08. The van der Waals surface area contributed by atoms with E-state index in [1.807, 2.05) is 6.20 Å². The predicted molar refractivity (Wildman–Crippen MR) is 79.7 cm³/mol. The van der Waals surface area contributed by atoms with Gasteiger partial charge >= 0.3 is 0 Å². The second-order valence-electron chi connectivity index (χ2n) is 6.29. The summed E-state index contributed by atoms with van der Waals surface area (Å²) in [5, 5.41) is 10.4. The fourth-order valence-corrected chi connectivity index (χ4v) is 4.46. The molecule has 1 aromatic heterocycles. The third kappa shape index (κ3) is 2.91. The monoisotopic (exact) mass is 296 g/mol. The fraction of sp³-hybridized carbons (Fsp3) is 0.800. The summed E-state index contributed by atoms with van der Waals surface area (Å²) < 4.78 is 5.69. The lowest BCUT2D eigenvalue weighted by Gasteiger charge is -2.44. The molecule has 20 heavy (non-hydrogen) atoms. The van der Waals surface area contributed by atoms with E-state index in [2.05, 4.69) is 16.8 Å². The van der Waals surface area contributed by atoms with E-state index in [9.17, 15) is 5.11 Å². The highest BCUT2D eigenvalue weighted by molar-refractivity contribution is 7.11. The molecule has 0 bridgehead atoms. The Kier molecular flexibility index (Phi) is 4.13. The van der Waals surface area contributed by atoms with E-state index in [4.69, 9.17) is 4.74 Å². The van der Waals surface area contributed by atoms with E-state index in [-0.39, 0.29) is 0 Å². The van der Waals surface area contributed by atoms with Crippen LogP contribution in [0.5, 0.6) is 0 Å². The molecular formula is C15H24N2O2S. The lowest BCUT2D eigenvalue weighted by Crippen LogP contribution is -2.44. The van der Waals surface area contributed by atoms with E-state index < -0.39 is 6.10 Å². The maximum atomic E-state index is 9.53. The Balaban J connectivity index is 1.51. The van der Waals surface area contributed by atoms with Crippen LogP contribution in [0, 0.1) is 5.41 Å². The molecule has 0 aromatic carbocycles. The zero-order chi connectivity index (χ0) is 14.2. The summed E-state index contributed by atoms with van der Waals surface area (Å²) in [7, 11) is 0. The Bertz CT molecular complexity index is 454. The number of hydrogen-bond donors (Lipinski definition) is 1. The van der Waals surface area contributed by atoms with Gasteiger partial charge in [-0.2, -0.15) is 0 Å². The van der Waals surface area contributed by atoms with Crippen molar-refractivity contribution in [2.45, 2.75) is 51.9 Å². The van der Waals surface area contributed by atoms with E-state index >= 15 is 0 Å². The van der Waals surface area contributed by atoms with Crippen LogP contribution in [0.1, 0.15) is 49.1 Å². The molecule has 5 heteroatoms. The van der Waals surface area contributed by atoms with Gasteiger partial charge in [0.1, 0.15) is 11.1 Å². The molecule has 2 aliphatic rings. The first-order valence-electron chi connectivity index (χ1n) is 7.57. The van der Waals surface area contributed by atoms with Gasteiger partial charge in [0, 0.05) is 30.8 Å². The van der Waals surface area contributed by atoms with Gasteiger partial charge in [0.25, 0.3) is 0 Å². The highest BCUT2D eigenvalue weighted by atomic mass is 32.1. The number of aliphatic hydroxyl groups is 1. The molecule has 4 nitrogen and oxygen atoms in total. The van der Waals surface area contributed by atoms with Crippen molar-refractivity contribution in [1.82, 2.24) is 9.88 Å². The molecule has 1 aliphatic heterocycles. The second-order valence-corrected chi connectivity index (χ2v) is 7.43. The highest BCUT2D eigenvalue weighted by Gasteiger charge is 2.48. The van der Waals surface area contributed by atoms with Crippen molar-refractivity contribution in [3.8, 4) is 0 Å².